The normalized spacial score (nSPS) is 22.2. The maximum Gasteiger partial charge on any atom is 0.253 e. The first-order valence-corrected chi connectivity index (χ1v) is 11.9. The highest BCUT2D eigenvalue weighted by molar-refractivity contribution is 7.09. The van der Waals surface area contributed by atoms with E-state index in [1.54, 1.807) is 30.3 Å². The molecule has 0 spiro atoms. The van der Waals surface area contributed by atoms with Gasteiger partial charge in [0, 0.05) is 48.9 Å². The number of nitrogens with zero attached hydrogens (tertiary/aromatic N) is 3. The second kappa shape index (κ2) is 8.65. The Kier molecular flexibility index (Phi) is 5.71. The number of aliphatic hydroxyl groups excluding tert-OH is 1. The zero-order valence-electron chi connectivity index (χ0n) is 18.4. The molecule has 5 rings (SSSR count). The molecule has 0 unspecified atom stereocenters. The average molecular weight is 449 g/mol. The summed E-state index contributed by atoms with van der Waals surface area (Å²) >= 11 is 1.69. The number of carbonyl (C=O) groups excluding carboxylic acids is 1. The van der Waals surface area contributed by atoms with Crippen molar-refractivity contribution in [2.45, 2.75) is 25.0 Å². The highest BCUT2D eigenvalue weighted by Gasteiger charge is 2.44. The Hall–Kier alpha value is -2.74. The zero-order valence-corrected chi connectivity index (χ0v) is 19.2. The minimum absolute atomic E-state index is 0.00254. The predicted octanol–water partition coefficient (Wildman–Crippen LogP) is 3.86. The highest BCUT2D eigenvalue weighted by Crippen LogP contribution is 2.47. The molecule has 1 aromatic heterocycles. The second-order valence-corrected chi connectivity index (χ2v) is 9.79. The van der Waals surface area contributed by atoms with Gasteiger partial charge in [-0.25, -0.2) is 4.98 Å². The molecule has 166 valence electrons. The first-order valence-electron chi connectivity index (χ1n) is 11.0. The summed E-state index contributed by atoms with van der Waals surface area (Å²) < 4.78 is 0. The van der Waals surface area contributed by atoms with Gasteiger partial charge in [-0.2, -0.15) is 0 Å². The number of aromatic nitrogens is 1. The number of amides is 1. The van der Waals surface area contributed by atoms with Crippen LogP contribution in [0.3, 0.4) is 0 Å². The maximum atomic E-state index is 12.5. The highest BCUT2D eigenvalue weighted by atomic mass is 32.1. The third-order valence-corrected chi connectivity index (χ3v) is 7.41. The first-order chi connectivity index (χ1) is 15.5. The van der Waals surface area contributed by atoms with Crippen LogP contribution in [0.25, 0.3) is 11.1 Å². The van der Waals surface area contributed by atoms with Crippen LogP contribution >= 0.6 is 11.3 Å². The standard InChI is InChI=1S/C25H28N4O2S/c1-28(2)25(31)18-5-3-4-16(12-18)17-6-7-21-20(13-17)24-19(22(15-30)27-21)8-10-29(24)14-23-26-9-11-32-23/h3-7,9,11-13,19,22,24,27,30H,8,10,14-15H2,1-2H3/t19-,22+,24-/m0/s1. The summed E-state index contributed by atoms with van der Waals surface area (Å²) in [6, 6.07) is 14.6. The maximum absolute atomic E-state index is 12.5. The van der Waals surface area contributed by atoms with Crippen molar-refractivity contribution < 1.29 is 9.90 Å². The van der Waals surface area contributed by atoms with Gasteiger partial charge in [0.1, 0.15) is 5.01 Å². The molecule has 0 radical (unpaired) electrons. The molecule has 2 aliphatic heterocycles. The second-order valence-electron chi connectivity index (χ2n) is 8.81. The Balaban J connectivity index is 1.52. The van der Waals surface area contributed by atoms with Crippen LogP contribution in [0.1, 0.15) is 33.4 Å². The molecule has 3 atom stereocenters. The fraction of sp³-hybridized carbons (Fsp3) is 0.360. The number of rotatable bonds is 5. The summed E-state index contributed by atoms with van der Waals surface area (Å²) in [4.78, 5) is 21.1. The minimum atomic E-state index is 0.00254. The van der Waals surface area contributed by atoms with Crippen LogP contribution < -0.4 is 5.32 Å². The predicted molar refractivity (Wildman–Crippen MR) is 128 cm³/mol. The number of hydrogen-bond acceptors (Lipinski definition) is 6. The summed E-state index contributed by atoms with van der Waals surface area (Å²) in [6.45, 7) is 1.94. The van der Waals surface area contributed by atoms with Gasteiger partial charge in [-0.3, -0.25) is 9.69 Å². The Labute approximate surface area is 192 Å². The van der Waals surface area contributed by atoms with Crippen molar-refractivity contribution in [2.24, 2.45) is 5.92 Å². The Morgan fingerprint density at radius 1 is 1.25 bits per heavy atom. The van der Waals surface area contributed by atoms with Crippen molar-refractivity contribution in [1.29, 1.82) is 0 Å². The molecule has 1 amide bonds. The minimum Gasteiger partial charge on any atom is -0.394 e. The van der Waals surface area contributed by atoms with E-state index < -0.39 is 0 Å². The van der Waals surface area contributed by atoms with E-state index >= 15 is 0 Å². The molecule has 7 heteroatoms. The zero-order chi connectivity index (χ0) is 22.2. The summed E-state index contributed by atoms with van der Waals surface area (Å²) in [5.74, 6) is 0.354. The van der Waals surface area contributed by atoms with Crippen LogP contribution in [-0.2, 0) is 6.54 Å². The van der Waals surface area contributed by atoms with Crippen molar-refractivity contribution in [2.75, 3.05) is 32.6 Å². The number of aliphatic hydroxyl groups is 1. The molecule has 0 aliphatic carbocycles. The SMILES string of the molecule is CN(C)C(=O)c1cccc(-c2ccc3c(c2)[C@@H]2[C@@H](CCN2Cc2nccs2)[C@@H](CO)N3)c1. The van der Waals surface area contributed by atoms with Gasteiger partial charge in [0.05, 0.1) is 19.2 Å². The molecule has 2 aromatic carbocycles. The molecular weight excluding hydrogens is 420 g/mol. The van der Waals surface area contributed by atoms with E-state index in [9.17, 15) is 9.90 Å². The summed E-state index contributed by atoms with van der Waals surface area (Å²) in [5.41, 5.74) is 5.16. The summed E-state index contributed by atoms with van der Waals surface area (Å²) in [5, 5.41) is 16.8. The van der Waals surface area contributed by atoms with Gasteiger partial charge in [-0.1, -0.05) is 18.2 Å². The smallest absolute Gasteiger partial charge is 0.253 e. The molecule has 3 heterocycles. The van der Waals surface area contributed by atoms with Gasteiger partial charge in [0.15, 0.2) is 0 Å². The molecule has 1 saturated heterocycles. The number of likely N-dealkylation sites (tertiary alicyclic amines) is 1. The largest absolute Gasteiger partial charge is 0.394 e. The van der Waals surface area contributed by atoms with Crippen molar-refractivity contribution >= 4 is 22.9 Å². The quantitative estimate of drug-likeness (QED) is 0.620. The molecule has 1 fully saturated rings. The lowest BCUT2D eigenvalue weighted by molar-refractivity contribution is 0.0827. The Bertz CT molecular complexity index is 1110. The topological polar surface area (TPSA) is 68.7 Å². The monoisotopic (exact) mass is 448 g/mol. The van der Waals surface area contributed by atoms with E-state index in [4.69, 9.17) is 0 Å². The third-order valence-electron chi connectivity index (χ3n) is 6.64. The number of hydrogen-bond donors (Lipinski definition) is 2. The van der Waals surface area contributed by atoms with Crippen LogP contribution in [-0.4, -0.2) is 59.1 Å². The summed E-state index contributed by atoms with van der Waals surface area (Å²) in [7, 11) is 3.54. The lowest BCUT2D eigenvalue weighted by atomic mass is 9.82. The Morgan fingerprint density at radius 2 is 2.09 bits per heavy atom. The Morgan fingerprint density at radius 3 is 2.84 bits per heavy atom. The number of fused-ring (bicyclic) bond motifs is 3. The van der Waals surface area contributed by atoms with Crippen molar-refractivity contribution in [3.63, 3.8) is 0 Å². The number of benzene rings is 2. The van der Waals surface area contributed by atoms with E-state index in [1.807, 2.05) is 29.8 Å². The molecule has 0 bridgehead atoms. The first kappa shape index (κ1) is 21.1. The van der Waals surface area contributed by atoms with Crippen LogP contribution in [0.4, 0.5) is 5.69 Å². The molecule has 6 nitrogen and oxygen atoms in total. The number of carbonyl (C=O) groups is 1. The molecule has 32 heavy (non-hydrogen) atoms. The fourth-order valence-electron chi connectivity index (χ4n) is 5.11. The summed E-state index contributed by atoms with van der Waals surface area (Å²) in [6.07, 6.45) is 2.91. The van der Waals surface area contributed by atoms with Crippen molar-refractivity contribution in [3.05, 3.63) is 70.2 Å². The van der Waals surface area contributed by atoms with Gasteiger partial charge >= 0.3 is 0 Å². The molecular formula is C25H28N4O2S. The molecule has 3 aromatic rings. The number of nitrogens with one attached hydrogen (secondary N) is 1. The van der Waals surface area contributed by atoms with Crippen LogP contribution in [0.2, 0.25) is 0 Å². The van der Waals surface area contributed by atoms with Crippen LogP contribution in [0.15, 0.2) is 54.0 Å². The van der Waals surface area contributed by atoms with Crippen molar-refractivity contribution in [3.8, 4) is 11.1 Å². The van der Waals surface area contributed by atoms with E-state index in [2.05, 4.69) is 39.5 Å². The van der Waals surface area contributed by atoms with E-state index in [1.165, 1.54) is 5.56 Å². The number of anilines is 1. The fourth-order valence-corrected chi connectivity index (χ4v) is 5.75. The van der Waals surface area contributed by atoms with E-state index in [-0.39, 0.29) is 24.6 Å². The lowest BCUT2D eigenvalue weighted by Gasteiger charge is -2.39. The van der Waals surface area contributed by atoms with Crippen LogP contribution in [0, 0.1) is 5.92 Å². The van der Waals surface area contributed by atoms with Gasteiger partial charge in [-0.15, -0.1) is 11.3 Å². The van der Waals surface area contributed by atoms with E-state index in [0.29, 0.717) is 11.5 Å². The van der Waals surface area contributed by atoms with Gasteiger partial charge < -0.3 is 15.3 Å². The van der Waals surface area contributed by atoms with Crippen LogP contribution in [0.5, 0.6) is 0 Å². The molecule has 2 N–H and O–H groups in total. The van der Waals surface area contributed by atoms with Gasteiger partial charge in [0.25, 0.3) is 5.91 Å². The lowest BCUT2D eigenvalue weighted by Crippen LogP contribution is -2.41. The van der Waals surface area contributed by atoms with Gasteiger partial charge in [-0.05, 0) is 53.9 Å². The average Bonchev–Trinajstić information content (AvgIpc) is 3.48. The van der Waals surface area contributed by atoms with E-state index in [0.717, 1.165) is 41.3 Å². The number of thiazole rings is 1. The van der Waals surface area contributed by atoms with Gasteiger partial charge in [0.2, 0.25) is 0 Å². The molecule has 2 aliphatic rings. The molecule has 0 saturated carbocycles. The van der Waals surface area contributed by atoms with Crippen molar-refractivity contribution in [1.82, 2.24) is 14.8 Å². The third kappa shape index (κ3) is 3.81.